The van der Waals surface area contributed by atoms with Crippen molar-refractivity contribution in [3.8, 4) is 11.3 Å². The van der Waals surface area contributed by atoms with E-state index in [1.807, 2.05) is 59.8 Å². The van der Waals surface area contributed by atoms with Crippen molar-refractivity contribution in [3.05, 3.63) is 85.2 Å². The van der Waals surface area contributed by atoms with Crippen molar-refractivity contribution in [1.82, 2.24) is 14.5 Å². The molecule has 0 aliphatic carbocycles. The van der Waals surface area contributed by atoms with Crippen molar-refractivity contribution in [2.24, 2.45) is 0 Å². The summed E-state index contributed by atoms with van der Waals surface area (Å²) in [6, 6.07) is 24.8. The fourth-order valence-electron chi connectivity index (χ4n) is 4.23. The molecule has 0 saturated carbocycles. The predicted octanol–water partition coefficient (Wildman–Crippen LogP) is 4.05. The number of benzene rings is 2. The summed E-state index contributed by atoms with van der Waals surface area (Å²) in [6.07, 6.45) is 3.63. The van der Waals surface area contributed by atoms with Crippen LogP contribution < -0.4 is 4.90 Å². The van der Waals surface area contributed by atoms with E-state index in [1.54, 1.807) is 0 Å². The van der Waals surface area contributed by atoms with Crippen LogP contribution in [0.5, 0.6) is 0 Å². The number of carbonyl (C=O) groups excluding carboxylic acids is 1. The number of amides is 1. The van der Waals surface area contributed by atoms with Crippen LogP contribution in [-0.4, -0.2) is 46.5 Å². The SMILES string of the molecule is O=C(Cn1c(-c2ccccc2)cc2ccccc21)N1CCN(c2ccncc2)CC1. The molecular formula is C25H24N4O. The van der Waals surface area contributed by atoms with E-state index in [0.717, 1.165) is 48.3 Å². The molecule has 1 amide bonds. The maximum absolute atomic E-state index is 13.2. The molecule has 4 aromatic rings. The topological polar surface area (TPSA) is 41.4 Å². The minimum absolute atomic E-state index is 0.169. The second-order valence-corrected chi connectivity index (χ2v) is 7.61. The van der Waals surface area contributed by atoms with Gasteiger partial charge in [-0.1, -0.05) is 48.5 Å². The molecule has 1 aliphatic rings. The number of piperazine rings is 1. The monoisotopic (exact) mass is 396 g/mol. The van der Waals surface area contributed by atoms with Gasteiger partial charge in [-0.2, -0.15) is 0 Å². The van der Waals surface area contributed by atoms with Crippen LogP contribution in [0.4, 0.5) is 5.69 Å². The highest BCUT2D eigenvalue weighted by atomic mass is 16.2. The molecule has 0 spiro atoms. The molecule has 0 N–H and O–H groups in total. The molecule has 0 radical (unpaired) electrons. The number of hydrogen-bond donors (Lipinski definition) is 0. The van der Waals surface area contributed by atoms with Crippen molar-refractivity contribution in [1.29, 1.82) is 0 Å². The molecule has 3 heterocycles. The highest BCUT2D eigenvalue weighted by molar-refractivity contribution is 5.89. The van der Waals surface area contributed by atoms with Crippen LogP contribution in [0, 0.1) is 0 Å². The average Bonchev–Trinajstić information content (AvgIpc) is 3.19. The quantitative estimate of drug-likeness (QED) is 0.523. The second kappa shape index (κ2) is 8.03. The molecule has 1 aliphatic heterocycles. The first-order valence-electron chi connectivity index (χ1n) is 10.4. The standard InChI is InChI=1S/C25H24N4O/c30-25(28-16-14-27(15-17-28)22-10-12-26-13-11-22)19-29-23-9-5-4-8-21(23)18-24(29)20-6-2-1-3-7-20/h1-13,18H,14-17,19H2. The largest absolute Gasteiger partial charge is 0.368 e. The Labute approximate surface area is 176 Å². The van der Waals surface area contributed by atoms with Gasteiger partial charge in [-0.3, -0.25) is 9.78 Å². The molecular weight excluding hydrogens is 372 g/mol. The molecule has 0 unspecified atom stereocenters. The Morgan fingerprint density at radius 1 is 0.833 bits per heavy atom. The van der Waals surface area contributed by atoms with E-state index in [0.29, 0.717) is 6.54 Å². The van der Waals surface area contributed by atoms with Crippen molar-refractivity contribution in [2.45, 2.75) is 6.54 Å². The number of pyridine rings is 1. The van der Waals surface area contributed by atoms with Gasteiger partial charge in [0.05, 0.1) is 0 Å². The third-order valence-electron chi connectivity index (χ3n) is 5.83. The van der Waals surface area contributed by atoms with E-state index in [-0.39, 0.29) is 5.91 Å². The Balaban J connectivity index is 1.36. The Hall–Kier alpha value is -3.60. The van der Waals surface area contributed by atoms with Crippen LogP contribution in [0.2, 0.25) is 0 Å². The second-order valence-electron chi connectivity index (χ2n) is 7.61. The number of aromatic nitrogens is 2. The minimum atomic E-state index is 0.169. The Kier molecular flexibility index (Phi) is 4.93. The first-order chi connectivity index (χ1) is 14.8. The van der Waals surface area contributed by atoms with E-state index < -0.39 is 0 Å². The first-order valence-corrected chi connectivity index (χ1v) is 10.4. The highest BCUT2D eigenvalue weighted by Gasteiger charge is 2.23. The molecule has 5 nitrogen and oxygen atoms in total. The third kappa shape index (κ3) is 3.54. The van der Waals surface area contributed by atoms with Gasteiger partial charge in [0.2, 0.25) is 5.91 Å². The van der Waals surface area contributed by atoms with Gasteiger partial charge in [0.1, 0.15) is 6.54 Å². The van der Waals surface area contributed by atoms with Gasteiger partial charge >= 0.3 is 0 Å². The summed E-state index contributed by atoms with van der Waals surface area (Å²) >= 11 is 0. The first kappa shape index (κ1) is 18.4. The molecule has 1 fully saturated rings. The van der Waals surface area contributed by atoms with Crippen LogP contribution in [0.25, 0.3) is 22.2 Å². The number of fused-ring (bicyclic) bond motifs is 1. The normalized spacial score (nSPS) is 14.3. The number of carbonyl (C=O) groups is 1. The number of hydrogen-bond acceptors (Lipinski definition) is 3. The van der Waals surface area contributed by atoms with Crippen LogP contribution in [0.3, 0.4) is 0 Å². The third-order valence-corrected chi connectivity index (χ3v) is 5.83. The Bertz CT molecular complexity index is 1150. The summed E-state index contributed by atoms with van der Waals surface area (Å²) < 4.78 is 2.15. The number of rotatable bonds is 4. The van der Waals surface area contributed by atoms with Crippen LogP contribution in [-0.2, 0) is 11.3 Å². The van der Waals surface area contributed by atoms with Gasteiger partial charge in [0, 0.05) is 60.9 Å². The predicted molar refractivity (Wildman–Crippen MR) is 120 cm³/mol. The zero-order valence-electron chi connectivity index (χ0n) is 16.8. The molecule has 1 saturated heterocycles. The van der Waals surface area contributed by atoms with E-state index in [2.05, 4.69) is 44.8 Å². The van der Waals surface area contributed by atoms with Gasteiger partial charge in [0.25, 0.3) is 0 Å². The van der Waals surface area contributed by atoms with Crippen molar-refractivity contribution >= 4 is 22.5 Å². The van der Waals surface area contributed by atoms with Crippen LogP contribution in [0.1, 0.15) is 0 Å². The Morgan fingerprint density at radius 3 is 2.30 bits per heavy atom. The molecule has 150 valence electrons. The van der Waals surface area contributed by atoms with Crippen LogP contribution >= 0.6 is 0 Å². The maximum Gasteiger partial charge on any atom is 0.242 e. The Morgan fingerprint density at radius 2 is 1.53 bits per heavy atom. The van der Waals surface area contributed by atoms with Crippen LogP contribution in [0.15, 0.2) is 85.2 Å². The lowest BCUT2D eigenvalue weighted by Gasteiger charge is -2.36. The fraction of sp³-hybridized carbons (Fsp3) is 0.200. The summed E-state index contributed by atoms with van der Waals surface area (Å²) in [5.41, 5.74) is 4.48. The van der Waals surface area contributed by atoms with E-state index in [9.17, 15) is 4.79 Å². The van der Waals surface area contributed by atoms with Gasteiger partial charge in [-0.05, 0) is 29.8 Å². The van der Waals surface area contributed by atoms with Gasteiger partial charge in [0.15, 0.2) is 0 Å². The lowest BCUT2D eigenvalue weighted by molar-refractivity contribution is -0.132. The molecule has 2 aromatic heterocycles. The fourth-order valence-corrected chi connectivity index (χ4v) is 4.23. The highest BCUT2D eigenvalue weighted by Crippen LogP contribution is 2.28. The zero-order chi connectivity index (χ0) is 20.3. The van der Waals surface area contributed by atoms with Crippen molar-refractivity contribution in [3.63, 3.8) is 0 Å². The summed E-state index contributed by atoms with van der Waals surface area (Å²) in [5, 5.41) is 1.16. The summed E-state index contributed by atoms with van der Waals surface area (Å²) in [6.45, 7) is 3.51. The average molecular weight is 396 g/mol. The summed E-state index contributed by atoms with van der Waals surface area (Å²) in [7, 11) is 0. The van der Waals surface area contributed by atoms with E-state index in [4.69, 9.17) is 0 Å². The van der Waals surface area contributed by atoms with Crippen molar-refractivity contribution < 1.29 is 4.79 Å². The molecule has 30 heavy (non-hydrogen) atoms. The van der Waals surface area contributed by atoms with E-state index in [1.165, 1.54) is 5.69 Å². The maximum atomic E-state index is 13.2. The van der Waals surface area contributed by atoms with Gasteiger partial charge in [-0.15, -0.1) is 0 Å². The lowest BCUT2D eigenvalue weighted by atomic mass is 10.1. The van der Waals surface area contributed by atoms with Gasteiger partial charge in [-0.25, -0.2) is 0 Å². The molecule has 0 bridgehead atoms. The van der Waals surface area contributed by atoms with Crippen molar-refractivity contribution in [2.75, 3.05) is 31.1 Å². The van der Waals surface area contributed by atoms with E-state index >= 15 is 0 Å². The summed E-state index contributed by atoms with van der Waals surface area (Å²) in [5.74, 6) is 0.169. The minimum Gasteiger partial charge on any atom is -0.368 e. The molecule has 0 atom stereocenters. The molecule has 5 rings (SSSR count). The number of anilines is 1. The number of nitrogens with zero attached hydrogens (tertiary/aromatic N) is 4. The lowest BCUT2D eigenvalue weighted by Crippen LogP contribution is -2.49. The smallest absolute Gasteiger partial charge is 0.242 e. The number of para-hydroxylation sites is 1. The zero-order valence-corrected chi connectivity index (χ0v) is 16.8. The summed E-state index contributed by atoms with van der Waals surface area (Å²) in [4.78, 5) is 21.6. The molecule has 5 heteroatoms. The van der Waals surface area contributed by atoms with Gasteiger partial charge < -0.3 is 14.4 Å². The molecule has 2 aromatic carbocycles.